The van der Waals surface area contributed by atoms with Crippen LogP contribution in [0.3, 0.4) is 0 Å². The molecule has 6 nitrogen and oxygen atoms in total. The fourth-order valence-corrected chi connectivity index (χ4v) is 2.87. The van der Waals surface area contributed by atoms with Crippen molar-refractivity contribution in [2.75, 3.05) is 10.6 Å². The molecule has 0 fully saturated rings. The Morgan fingerprint density at radius 3 is 2.39 bits per heavy atom. The Hall–Kier alpha value is -3.20. The van der Waals surface area contributed by atoms with Crippen LogP contribution in [-0.2, 0) is 0 Å². The summed E-state index contributed by atoms with van der Waals surface area (Å²) in [5, 5.41) is 16.0. The summed E-state index contributed by atoms with van der Waals surface area (Å²) in [7, 11) is 0. The van der Waals surface area contributed by atoms with E-state index in [1.54, 1.807) is 18.2 Å². The molecule has 10 heteroatoms. The fourth-order valence-electron chi connectivity index (χ4n) is 2.65. The number of ether oxygens (including phenoxy) is 1. The Morgan fingerprint density at radius 2 is 1.74 bits per heavy atom. The zero-order chi connectivity index (χ0) is 22.8. The molecule has 3 rings (SSSR count). The number of benzene rings is 2. The number of phenols is 1. The van der Waals surface area contributed by atoms with Crippen molar-refractivity contribution in [2.24, 2.45) is 0 Å². The van der Waals surface area contributed by atoms with Gasteiger partial charge in [0.2, 0.25) is 5.95 Å². The average molecular weight is 453 g/mol. The Kier molecular flexibility index (Phi) is 6.17. The lowest BCUT2D eigenvalue weighted by molar-refractivity contribution is -0.274. The van der Waals surface area contributed by atoms with Crippen LogP contribution in [0.25, 0.3) is 11.3 Å². The molecule has 0 saturated heterocycles. The summed E-state index contributed by atoms with van der Waals surface area (Å²) >= 11 is 6.16. The predicted molar refractivity (Wildman–Crippen MR) is 114 cm³/mol. The van der Waals surface area contributed by atoms with Gasteiger partial charge in [-0.3, -0.25) is 0 Å². The minimum Gasteiger partial charge on any atom is -0.508 e. The van der Waals surface area contributed by atoms with Crippen LogP contribution in [-0.4, -0.2) is 27.0 Å². The van der Waals surface area contributed by atoms with Gasteiger partial charge in [0.15, 0.2) is 0 Å². The van der Waals surface area contributed by atoms with Crippen LogP contribution in [0.4, 0.5) is 30.6 Å². The average Bonchev–Trinajstić information content (AvgIpc) is 2.61. The molecule has 0 saturated carbocycles. The molecule has 1 heterocycles. The number of nitrogens with zero attached hydrogens (tertiary/aromatic N) is 2. The highest BCUT2D eigenvalue weighted by Gasteiger charge is 2.31. The summed E-state index contributed by atoms with van der Waals surface area (Å²) < 4.78 is 41.8. The molecular formula is C21H20ClF3N4O2. The van der Waals surface area contributed by atoms with Crippen LogP contribution < -0.4 is 15.4 Å². The molecule has 3 aromatic rings. The first-order chi connectivity index (χ1) is 14.4. The highest BCUT2D eigenvalue weighted by atomic mass is 35.5. The first-order valence-electron chi connectivity index (χ1n) is 9.17. The number of anilines is 3. The minimum absolute atomic E-state index is 0.00972. The molecule has 164 valence electrons. The molecule has 0 spiro atoms. The van der Waals surface area contributed by atoms with Gasteiger partial charge in [-0.15, -0.1) is 13.2 Å². The van der Waals surface area contributed by atoms with Gasteiger partial charge in [-0.1, -0.05) is 23.7 Å². The van der Waals surface area contributed by atoms with Crippen molar-refractivity contribution in [3.8, 4) is 22.8 Å². The maximum absolute atomic E-state index is 12.6. The van der Waals surface area contributed by atoms with E-state index in [4.69, 9.17) is 11.6 Å². The summed E-state index contributed by atoms with van der Waals surface area (Å²) in [6.45, 7) is 5.76. The number of nitrogens with one attached hydrogen (secondary N) is 2. The largest absolute Gasteiger partial charge is 0.573 e. The van der Waals surface area contributed by atoms with Crippen molar-refractivity contribution in [3.63, 3.8) is 0 Å². The van der Waals surface area contributed by atoms with Crippen molar-refractivity contribution in [2.45, 2.75) is 32.7 Å². The number of halogens is 4. The SMILES string of the molecule is CC(C)(C)Nc1nc(Nc2ccc(O)cc2Cl)cc(-c2cccc(OC(F)(F)F)c2)n1. The second kappa shape index (κ2) is 8.50. The number of phenolic OH excluding ortho intramolecular Hbond substituents is 1. The van der Waals surface area contributed by atoms with Crippen molar-refractivity contribution >= 4 is 29.1 Å². The molecule has 0 radical (unpaired) electrons. The van der Waals surface area contributed by atoms with E-state index >= 15 is 0 Å². The molecule has 0 amide bonds. The number of hydrogen-bond acceptors (Lipinski definition) is 6. The van der Waals surface area contributed by atoms with Crippen LogP contribution in [0, 0.1) is 0 Å². The second-order valence-corrected chi connectivity index (χ2v) is 8.11. The van der Waals surface area contributed by atoms with Crippen LogP contribution in [0.15, 0.2) is 48.5 Å². The zero-order valence-corrected chi connectivity index (χ0v) is 17.6. The molecule has 3 N–H and O–H groups in total. The molecule has 0 unspecified atom stereocenters. The Morgan fingerprint density at radius 1 is 1.00 bits per heavy atom. The van der Waals surface area contributed by atoms with Gasteiger partial charge < -0.3 is 20.5 Å². The summed E-state index contributed by atoms with van der Waals surface area (Å²) in [5.41, 5.74) is 0.889. The van der Waals surface area contributed by atoms with Crippen LogP contribution in [0.2, 0.25) is 5.02 Å². The molecular weight excluding hydrogens is 433 g/mol. The molecule has 1 aromatic heterocycles. The highest BCUT2D eigenvalue weighted by molar-refractivity contribution is 6.33. The lowest BCUT2D eigenvalue weighted by Gasteiger charge is -2.21. The fraction of sp³-hybridized carbons (Fsp3) is 0.238. The molecule has 2 aromatic carbocycles. The summed E-state index contributed by atoms with van der Waals surface area (Å²) in [4.78, 5) is 8.85. The van der Waals surface area contributed by atoms with E-state index in [0.29, 0.717) is 22.8 Å². The van der Waals surface area contributed by atoms with E-state index in [1.807, 2.05) is 20.8 Å². The molecule has 0 aliphatic heterocycles. The first kappa shape index (κ1) is 22.5. The topological polar surface area (TPSA) is 79.3 Å². The van der Waals surface area contributed by atoms with Crippen LogP contribution >= 0.6 is 11.6 Å². The van der Waals surface area contributed by atoms with Gasteiger partial charge in [0.05, 0.1) is 16.4 Å². The zero-order valence-electron chi connectivity index (χ0n) is 16.9. The Bertz CT molecular complexity index is 1080. The van der Waals surface area contributed by atoms with Gasteiger partial charge in [-0.25, -0.2) is 4.98 Å². The highest BCUT2D eigenvalue weighted by Crippen LogP contribution is 2.32. The third-order valence-electron chi connectivity index (χ3n) is 3.79. The van der Waals surface area contributed by atoms with E-state index in [1.165, 1.54) is 30.3 Å². The van der Waals surface area contributed by atoms with E-state index < -0.39 is 6.36 Å². The lowest BCUT2D eigenvalue weighted by Crippen LogP contribution is -2.27. The van der Waals surface area contributed by atoms with Crippen molar-refractivity contribution in [1.82, 2.24) is 9.97 Å². The second-order valence-electron chi connectivity index (χ2n) is 7.70. The molecule has 0 atom stereocenters. The Labute approximate surface area is 182 Å². The van der Waals surface area contributed by atoms with Gasteiger partial charge in [0, 0.05) is 23.2 Å². The lowest BCUT2D eigenvalue weighted by atomic mass is 10.1. The standard InChI is InChI=1S/C21H20ClF3N4O2/c1-20(2,3)29-19-27-17(12-5-4-6-14(9-12)31-21(23,24)25)11-18(28-19)26-16-8-7-13(30)10-15(16)22/h4-11,30H,1-3H3,(H2,26,27,28,29). The maximum Gasteiger partial charge on any atom is 0.573 e. The van der Waals surface area contributed by atoms with E-state index in [9.17, 15) is 18.3 Å². The summed E-state index contributed by atoms with van der Waals surface area (Å²) in [5.74, 6) is 0.275. The summed E-state index contributed by atoms with van der Waals surface area (Å²) in [6.07, 6.45) is -4.80. The third-order valence-corrected chi connectivity index (χ3v) is 4.10. The van der Waals surface area contributed by atoms with Crippen molar-refractivity contribution in [1.29, 1.82) is 0 Å². The normalized spacial score (nSPS) is 11.8. The van der Waals surface area contributed by atoms with Gasteiger partial charge in [0.25, 0.3) is 0 Å². The minimum atomic E-state index is -4.80. The smallest absolute Gasteiger partial charge is 0.508 e. The van der Waals surface area contributed by atoms with Crippen LogP contribution in [0.5, 0.6) is 11.5 Å². The number of aromatic nitrogens is 2. The van der Waals surface area contributed by atoms with E-state index in [0.717, 1.165) is 0 Å². The molecule has 31 heavy (non-hydrogen) atoms. The van der Waals surface area contributed by atoms with Gasteiger partial charge >= 0.3 is 6.36 Å². The number of alkyl halides is 3. The van der Waals surface area contributed by atoms with E-state index in [-0.39, 0.29) is 28.0 Å². The molecule has 0 aliphatic rings. The Balaban J connectivity index is 2.02. The molecule has 0 bridgehead atoms. The number of aromatic hydroxyl groups is 1. The quantitative estimate of drug-likeness (QED) is 0.391. The summed E-state index contributed by atoms with van der Waals surface area (Å²) in [6, 6.07) is 11.5. The van der Waals surface area contributed by atoms with Gasteiger partial charge in [-0.2, -0.15) is 4.98 Å². The van der Waals surface area contributed by atoms with Crippen molar-refractivity contribution < 1.29 is 23.0 Å². The van der Waals surface area contributed by atoms with Crippen molar-refractivity contribution in [3.05, 3.63) is 53.6 Å². The third kappa shape index (κ3) is 6.65. The first-order valence-corrected chi connectivity index (χ1v) is 9.55. The molecule has 0 aliphatic carbocycles. The predicted octanol–water partition coefficient (Wildman–Crippen LogP) is 6.36. The van der Waals surface area contributed by atoms with E-state index in [2.05, 4.69) is 25.3 Å². The number of rotatable bonds is 5. The van der Waals surface area contributed by atoms with Gasteiger partial charge in [-0.05, 0) is 45.0 Å². The monoisotopic (exact) mass is 452 g/mol. The van der Waals surface area contributed by atoms with Crippen LogP contribution in [0.1, 0.15) is 20.8 Å². The van der Waals surface area contributed by atoms with Gasteiger partial charge in [0.1, 0.15) is 17.3 Å². The number of hydrogen-bond donors (Lipinski definition) is 3. The maximum atomic E-state index is 12.6.